The van der Waals surface area contributed by atoms with Crippen LogP contribution in [0, 0.1) is 0 Å². The fourth-order valence-corrected chi connectivity index (χ4v) is 2.19. The van der Waals surface area contributed by atoms with Crippen LogP contribution in [-0.4, -0.2) is 16.5 Å². The monoisotopic (exact) mass is 263 g/mol. The van der Waals surface area contributed by atoms with Crippen molar-refractivity contribution in [2.75, 3.05) is 11.9 Å². The summed E-state index contributed by atoms with van der Waals surface area (Å²) >= 11 is 0. The molecule has 3 nitrogen and oxygen atoms in total. The van der Waals surface area contributed by atoms with E-state index in [1.165, 1.54) is 10.8 Å². The van der Waals surface area contributed by atoms with Gasteiger partial charge in [0.1, 0.15) is 5.82 Å². The smallest absolute Gasteiger partial charge is 0.145 e. The first-order valence-corrected chi connectivity index (χ1v) is 6.92. The van der Waals surface area contributed by atoms with Crippen LogP contribution in [0.3, 0.4) is 0 Å². The summed E-state index contributed by atoms with van der Waals surface area (Å²) in [6.07, 6.45) is 4.64. The van der Waals surface area contributed by atoms with Crippen LogP contribution in [0.1, 0.15) is 13.3 Å². The van der Waals surface area contributed by atoms with Crippen molar-refractivity contribution >= 4 is 16.6 Å². The number of nitrogens with one attached hydrogen (secondary N) is 1. The predicted octanol–water partition coefficient (Wildman–Crippen LogP) is 4.12. The molecule has 0 unspecified atom stereocenters. The minimum atomic E-state index is 0.831. The molecule has 0 saturated heterocycles. The summed E-state index contributed by atoms with van der Waals surface area (Å²) < 4.78 is 0. The van der Waals surface area contributed by atoms with Crippen LogP contribution in [0.4, 0.5) is 5.82 Å². The zero-order chi connectivity index (χ0) is 13.8. The Bertz CT molecular complexity index is 722. The lowest BCUT2D eigenvalue weighted by Gasteiger charge is -2.07. The number of anilines is 1. The molecule has 2 aromatic carbocycles. The SMILES string of the molecule is CCCNc1cncc(-c2ccc3ccccc3c2)n1. The number of nitrogens with zero attached hydrogens (tertiary/aromatic N) is 2. The maximum absolute atomic E-state index is 4.61. The Hall–Kier alpha value is -2.42. The van der Waals surface area contributed by atoms with Crippen molar-refractivity contribution < 1.29 is 0 Å². The van der Waals surface area contributed by atoms with Crippen LogP contribution in [0.15, 0.2) is 54.9 Å². The molecule has 0 aliphatic rings. The molecule has 0 atom stereocenters. The number of hydrogen-bond acceptors (Lipinski definition) is 3. The van der Waals surface area contributed by atoms with Gasteiger partial charge in [-0.1, -0.05) is 43.3 Å². The van der Waals surface area contributed by atoms with Gasteiger partial charge in [-0.15, -0.1) is 0 Å². The number of hydrogen-bond donors (Lipinski definition) is 1. The highest BCUT2D eigenvalue weighted by atomic mass is 15.0. The number of benzene rings is 2. The van der Waals surface area contributed by atoms with Gasteiger partial charge >= 0.3 is 0 Å². The third-order valence-electron chi connectivity index (χ3n) is 3.24. The normalized spacial score (nSPS) is 10.7. The van der Waals surface area contributed by atoms with Gasteiger partial charge < -0.3 is 5.32 Å². The molecule has 0 amide bonds. The Labute approximate surface area is 118 Å². The summed E-state index contributed by atoms with van der Waals surface area (Å²) in [6.45, 7) is 3.05. The van der Waals surface area contributed by atoms with E-state index in [4.69, 9.17) is 0 Å². The Morgan fingerprint density at radius 1 is 1.00 bits per heavy atom. The van der Waals surface area contributed by atoms with Crippen LogP contribution in [0.2, 0.25) is 0 Å². The van der Waals surface area contributed by atoms with E-state index in [0.717, 1.165) is 30.0 Å². The van der Waals surface area contributed by atoms with Gasteiger partial charge in [0.05, 0.1) is 18.1 Å². The standard InChI is InChI=1S/C17H17N3/c1-2-9-19-17-12-18-11-16(20-17)15-8-7-13-5-3-4-6-14(13)10-15/h3-8,10-12H,2,9H2,1H3,(H,19,20). The van der Waals surface area contributed by atoms with Crippen molar-refractivity contribution in [1.82, 2.24) is 9.97 Å². The number of aromatic nitrogens is 2. The lowest BCUT2D eigenvalue weighted by atomic mass is 10.1. The number of rotatable bonds is 4. The third kappa shape index (κ3) is 2.62. The van der Waals surface area contributed by atoms with Crippen LogP contribution in [0.5, 0.6) is 0 Å². The average molecular weight is 263 g/mol. The molecule has 100 valence electrons. The molecule has 0 saturated carbocycles. The van der Waals surface area contributed by atoms with Crippen LogP contribution < -0.4 is 5.32 Å². The van der Waals surface area contributed by atoms with Gasteiger partial charge in [0.25, 0.3) is 0 Å². The van der Waals surface area contributed by atoms with E-state index in [-0.39, 0.29) is 0 Å². The third-order valence-corrected chi connectivity index (χ3v) is 3.24. The molecule has 3 aromatic rings. The van der Waals surface area contributed by atoms with Crippen molar-refractivity contribution in [1.29, 1.82) is 0 Å². The Morgan fingerprint density at radius 2 is 1.85 bits per heavy atom. The van der Waals surface area contributed by atoms with Crippen molar-refractivity contribution in [3.63, 3.8) is 0 Å². The van der Waals surface area contributed by atoms with Gasteiger partial charge in [-0.2, -0.15) is 0 Å². The van der Waals surface area contributed by atoms with E-state index in [2.05, 4.69) is 64.7 Å². The first-order chi connectivity index (χ1) is 9.86. The first kappa shape index (κ1) is 12.6. The largest absolute Gasteiger partial charge is 0.369 e. The average Bonchev–Trinajstić information content (AvgIpc) is 2.53. The van der Waals surface area contributed by atoms with Gasteiger partial charge in [0.2, 0.25) is 0 Å². The van der Waals surface area contributed by atoms with E-state index in [1.54, 1.807) is 12.4 Å². The molecule has 0 aliphatic carbocycles. The zero-order valence-corrected chi connectivity index (χ0v) is 11.5. The summed E-state index contributed by atoms with van der Waals surface area (Å²) in [4.78, 5) is 8.88. The van der Waals surface area contributed by atoms with Crippen molar-refractivity contribution in [2.45, 2.75) is 13.3 Å². The quantitative estimate of drug-likeness (QED) is 0.769. The summed E-state index contributed by atoms with van der Waals surface area (Å²) in [5, 5.41) is 5.73. The highest BCUT2D eigenvalue weighted by Crippen LogP contribution is 2.23. The lowest BCUT2D eigenvalue weighted by molar-refractivity contribution is 0.965. The van der Waals surface area contributed by atoms with E-state index in [0.29, 0.717) is 0 Å². The molecule has 0 radical (unpaired) electrons. The molecule has 0 fully saturated rings. The minimum Gasteiger partial charge on any atom is -0.369 e. The molecule has 3 heteroatoms. The molecule has 3 rings (SSSR count). The maximum Gasteiger partial charge on any atom is 0.145 e. The Morgan fingerprint density at radius 3 is 2.70 bits per heavy atom. The fraction of sp³-hybridized carbons (Fsp3) is 0.176. The molecule has 0 aliphatic heterocycles. The summed E-state index contributed by atoms with van der Waals surface area (Å²) in [7, 11) is 0. The summed E-state index contributed by atoms with van der Waals surface area (Å²) in [6, 6.07) is 14.7. The van der Waals surface area contributed by atoms with Gasteiger partial charge in [0, 0.05) is 12.1 Å². The molecule has 0 spiro atoms. The topological polar surface area (TPSA) is 37.8 Å². The second-order valence-corrected chi connectivity index (χ2v) is 4.78. The highest BCUT2D eigenvalue weighted by Gasteiger charge is 2.03. The summed E-state index contributed by atoms with van der Waals surface area (Å²) in [5.74, 6) is 0.831. The van der Waals surface area contributed by atoms with Gasteiger partial charge in [-0.05, 0) is 23.3 Å². The Kier molecular flexibility index (Phi) is 3.59. The molecular weight excluding hydrogens is 246 g/mol. The molecular formula is C17H17N3. The first-order valence-electron chi connectivity index (χ1n) is 6.92. The molecule has 1 aromatic heterocycles. The molecule has 1 heterocycles. The number of fused-ring (bicyclic) bond motifs is 1. The van der Waals surface area contributed by atoms with Crippen LogP contribution >= 0.6 is 0 Å². The van der Waals surface area contributed by atoms with Gasteiger partial charge in [-0.3, -0.25) is 4.98 Å². The second kappa shape index (κ2) is 5.70. The van der Waals surface area contributed by atoms with Gasteiger partial charge in [0.15, 0.2) is 0 Å². The van der Waals surface area contributed by atoms with Crippen molar-refractivity contribution in [3.05, 3.63) is 54.9 Å². The van der Waals surface area contributed by atoms with E-state index < -0.39 is 0 Å². The maximum atomic E-state index is 4.61. The van der Waals surface area contributed by atoms with Gasteiger partial charge in [-0.25, -0.2) is 4.98 Å². The van der Waals surface area contributed by atoms with Crippen LogP contribution in [-0.2, 0) is 0 Å². The van der Waals surface area contributed by atoms with E-state index in [9.17, 15) is 0 Å². The van der Waals surface area contributed by atoms with Crippen LogP contribution in [0.25, 0.3) is 22.0 Å². The van der Waals surface area contributed by atoms with Crippen molar-refractivity contribution in [3.8, 4) is 11.3 Å². The molecule has 0 bridgehead atoms. The molecule has 20 heavy (non-hydrogen) atoms. The van der Waals surface area contributed by atoms with Crippen molar-refractivity contribution in [2.24, 2.45) is 0 Å². The zero-order valence-electron chi connectivity index (χ0n) is 11.5. The highest BCUT2D eigenvalue weighted by molar-refractivity contribution is 5.86. The summed E-state index contributed by atoms with van der Waals surface area (Å²) in [5.41, 5.74) is 1.99. The van der Waals surface area contributed by atoms with E-state index >= 15 is 0 Å². The predicted molar refractivity (Wildman–Crippen MR) is 83.8 cm³/mol. The van der Waals surface area contributed by atoms with E-state index in [1.807, 2.05) is 0 Å². The lowest BCUT2D eigenvalue weighted by Crippen LogP contribution is -2.02. The fourth-order valence-electron chi connectivity index (χ4n) is 2.19. The second-order valence-electron chi connectivity index (χ2n) is 4.78. The Balaban J connectivity index is 1.97. The minimum absolute atomic E-state index is 0.831. The molecule has 1 N–H and O–H groups in total.